The number of methoxy groups -OCH3 is 1. The predicted octanol–water partition coefficient (Wildman–Crippen LogP) is -0.177. The normalized spacial score (nSPS) is 9.62. The second kappa shape index (κ2) is 3.70. The summed E-state index contributed by atoms with van der Waals surface area (Å²) in [5.74, 6) is -1.56. The van der Waals surface area contributed by atoms with E-state index >= 15 is 0 Å². The molecule has 6 nitrogen and oxygen atoms in total. The number of carboxylic acids is 1. The Kier molecular flexibility index (Phi) is 2.63. The summed E-state index contributed by atoms with van der Waals surface area (Å²) in [6, 6.07) is 1.29. The molecule has 0 aliphatic carbocycles. The smallest absolute Gasteiger partial charge is 0.353 e. The van der Waals surface area contributed by atoms with Crippen molar-refractivity contribution in [2.45, 2.75) is 6.42 Å². The second-order valence-corrected chi connectivity index (χ2v) is 2.33. The Bertz CT molecular complexity index is 331. The molecule has 1 rings (SSSR count). The summed E-state index contributed by atoms with van der Waals surface area (Å²) in [6.07, 6.45) is -0.0275. The number of esters is 1. The number of carbonyl (C=O) groups excluding carboxylic acids is 1. The van der Waals surface area contributed by atoms with Crippen LogP contribution in [0.15, 0.2) is 6.07 Å². The zero-order valence-corrected chi connectivity index (χ0v) is 6.90. The summed E-state index contributed by atoms with van der Waals surface area (Å²) in [5.41, 5.74) is 0.308. The summed E-state index contributed by atoms with van der Waals surface area (Å²) in [6.45, 7) is 0. The van der Waals surface area contributed by atoms with Crippen molar-refractivity contribution in [3.8, 4) is 0 Å². The van der Waals surface area contributed by atoms with Crippen LogP contribution < -0.4 is 0 Å². The van der Waals surface area contributed by atoms with Crippen molar-refractivity contribution < 1.29 is 19.4 Å². The topological polar surface area (TPSA) is 92.3 Å². The third kappa shape index (κ3) is 2.29. The molecule has 0 fully saturated rings. The Hall–Kier alpha value is -1.85. The number of hydrogen-bond donors (Lipinski definition) is 2. The first-order valence-corrected chi connectivity index (χ1v) is 3.48. The van der Waals surface area contributed by atoms with E-state index in [1.807, 2.05) is 0 Å². The van der Waals surface area contributed by atoms with Gasteiger partial charge in [0.05, 0.1) is 19.2 Å². The fraction of sp³-hybridized carbons (Fsp3) is 0.286. The summed E-state index contributed by atoms with van der Waals surface area (Å²) < 4.78 is 4.38. The fourth-order valence-electron chi connectivity index (χ4n) is 0.783. The third-order valence-corrected chi connectivity index (χ3v) is 1.41. The van der Waals surface area contributed by atoms with E-state index < -0.39 is 11.9 Å². The summed E-state index contributed by atoms with van der Waals surface area (Å²) in [7, 11) is 1.26. The van der Waals surface area contributed by atoms with Gasteiger partial charge < -0.3 is 9.84 Å². The minimum absolute atomic E-state index is 0.0275. The molecule has 1 heterocycles. The van der Waals surface area contributed by atoms with E-state index in [-0.39, 0.29) is 12.1 Å². The lowest BCUT2D eigenvalue weighted by Gasteiger charge is -1.92. The lowest BCUT2D eigenvalue weighted by molar-refractivity contribution is -0.139. The lowest BCUT2D eigenvalue weighted by Crippen LogP contribution is -2.04. The van der Waals surface area contributed by atoms with Gasteiger partial charge in [0.15, 0.2) is 0 Å². The fourth-order valence-corrected chi connectivity index (χ4v) is 0.783. The molecule has 0 saturated heterocycles. The number of carboxylic acid groups (broad SMARTS) is 1. The van der Waals surface area contributed by atoms with Gasteiger partial charge in [0.1, 0.15) is 5.69 Å². The molecule has 0 aliphatic rings. The molecule has 2 N–H and O–H groups in total. The number of aromatic carboxylic acids is 1. The highest BCUT2D eigenvalue weighted by Gasteiger charge is 2.10. The predicted molar refractivity (Wildman–Crippen MR) is 41.3 cm³/mol. The van der Waals surface area contributed by atoms with Crippen LogP contribution >= 0.6 is 0 Å². The highest BCUT2D eigenvalue weighted by molar-refractivity contribution is 5.85. The number of carbonyl (C=O) groups is 2. The third-order valence-electron chi connectivity index (χ3n) is 1.41. The molecule has 0 amide bonds. The average Bonchev–Trinajstić information content (AvgIpc) is 2.52. The Labute approximate surface area is 73.5 Å². The van der Waals surface area contributed by atoms with Crippen molar-refractivity contribution in [3.05, 3.63) is 17.5 Å². The maximum Gasteiger partial charge on any atom is 0.353 e. The molecule has 0 spiro atoms. The van der Waals surface area contributed by atoms with E-state index in [1.54, 1.807) is 0 Å². The number of aromatic nitrogens is 2. The van der Waals surface area contributed by atoms with Gasteiger partial charge in [-0.3, -0.25) is 9.89 Å². The first-order valence-electron chi connectivity index (χ1n) is 3.48. The molecule has 13 heavy (non-hydrogen) atoms. The van der Waals surface area contributed by atoms with Crippen LogP contribution in [0.25, 0.3) is 0 Å². The van der Waals surface area contributed by atoms with Crippen LogP contribution in [0.2, 0.25) is 0 Å². The summed E-state index contributed by atoms with van der Waals surface area (Å²) in [4.78, 5) is 21.1. The number of hydrogen-bond acceptors (Lipinski definition) is 4. The van der Waals surface area contributed by atoms with E-state index in [4.69, 9.17) is 5.11 Å². The van der Waals surface area contributed by atoms with Crippen LogP contribution in [0.4, 0.5) is 0 Å². The van der Waals surface area contributed by atoms with E-state index in [2.05, 4.69) is 14.9 Å². The van der Waals surface area contributed by atoms with Gasteiger partial charge in [0.2, 0.25) is 0 Å². The Balaban J connectivity index is 2.69. The van der Waals surface area contributed by atoms with Gasteiger partial charge >= 0.3 is 11.9 Å². The first-order chi connectivity index (χ1) is 6.13. The minimum atomic E-state index is -1.11. The van der Waals surface area contributed by atoms with Gasteiger partial charge in [-0.25, -0.2) is 4.79 Å². The Morgan fingerprint density at radius 1 is 1.69 bits per heavy atom. The first kappa shape index (κ1) is 9.24. The standard InChI is InChI=1S/C7H8N2O4/c1-13-6(10)3-4-2-5(7(11)12)9-8-4/h2H,3H2,1H3,(H,8,9)(H,11,12). The van der Waals surface area contributed by atoms with E-state index in [0.717, 1.165) is 0 Å². The van der Waals surface area contributed by atoms with Crippen LogP contribution in [0.3, 0.4) is 0 Å². The highest BCUT2D eigenvalue weighted by Crippen LogP contribution is 2.00. The second-order valence-electron chi connectivity index (χ2n) is 2.33. The van der Waals surface area contributed by atoms with Crippen molar-refractivity contribution in [1.82, 2.24) is 10.2 Å². The van der Waals surface area contributed by atoms with Crippen LogP contribution in [-0.4, -0.2) is 34.4 Å². The zero-order valence-electron chi connectivity index (χ0n) is 6.90. The van der Waals surface area contributed by atoms with Crippen molar-refractivity contribution in [1.29, 1.82) is 0 Å². The Morgan fingerprint density at radius 3 is 2.85 bits per heavy atom. The maximum atomic E-state index is 10.7. The zero-order chi connectivity index (χ0) is 9.84. The van der Waals surface area contributed by atoms with Crippen molar-refractivity contribution in [2.75, 3.05) is 7.11 Å². The van der Waals surface area contributed by atoms with Gasteiger partial charge in [-0.05, 0) is 6.07 Å². The molecule has 0 aliphatic heterocycles. The van der Waals surface area contributed by atoms with Crippen molar-refractivity contribution in [3.63, 3.8) is 0 Å². The molecule has 0 atom stereocenters. The molecule has 1 aromatic heterocycles. The van der Waals surface area contributed by atoms with E-state index in [1.165, 1.54) is 13.2 Å². The van der Waals surface area contributed by atoms with Crippen LogP contribution in [0.5, 0.6) is 0 Å². The molecular formula is C7H8N2O4. The van der Waals surface area contributed by atoms with Gasteiger partial charge in [-0.2, -0.15) is 5.10 Å². The van der Waals surface area contributed by atoms with Gasteiger partial charge in [0, 0.05) is 0 Å². The SMILES string of the molecule is COC(=O)Cc1cc(C(=O)O)[nH]n1. The Morgan fingerprint density at radius 2 is 2.38 bits per heavy atom. The molecular weight excluding hydrogens is 176 g/mol. The van der Waals surface area contributed by atoms with Crippen LogP contribution in [0, 0.1) is 0 Å². The van der Waals surface area contributed by atoms with Gasteiger partial charge in [-0.15, -0.1) is 0 Å². The van der Waals surface area contributed by atoms with E-state index in [9.17, 15) is 9.59 Å². The molecule has 0 bridgehead atoms. The minimum Gasteiger partial charge on any atom is -0.477 e. The van der Waals surface area contributed by atoms with Crippen molar-refractivity contribution >= 4 is 11.9 Å². The quantitative estimate of drug-likeness (QED) is 0.636. The number of nitrogens with zero attached hydrogens (tertiary/aromatic N) is 1. The van der Waals surface area contributed by atoms with Gasteiger partial charge in [-0.1, -0.05) is 0 Å². The average molecular weight is 184 g/mol. The molecule has 6 heteroatoms. The molecule has 0 unspecified atom stereocenters. The summed E-state index contributed by atoms with van der Waals surface area (Å²) >= 11 is 0. The van der Waals surface area contributed by atoms with Crippen LogP contribution in [-0.2, 0) is 16.0 Å². The highest BCUT2D eigenvalue weighted by atomic mass is 16.5. The lowest BCUT2D eigenvalue weighted by atomic mass is 10.3. The number of H-pyrrole nitrogens is 1. The number of ether oxygens (including phenoxy) is 1. The molecule has 70 valence electrons. The monoisotopic (exact) mass is 184 g/mol. The van der Waals surface area contributed by atoms with Crippen molar-refractivity contribution in [2.24, 2.45) is 0 Å². The van der Waals surface area contributed by atoms with Crippen LogP contribution in [0.1, 0.15) is 16.2 Å². The molecule has 0 saturated carbocycles. The molecule has 0 radical (unpaired) electrons. The summed E-state index contributed by atoms with van der Waals surface area (Å²) in [5, 5.41) is 14.4. The van der Waals surface area contributed by atoms with E-state index in [0.29, 0.717) is 5.69 Å². The largest absolute Gasteiger partial charge is 0.477 e. The number of rotatable bonds is 3. The molecule has 1 aromatic rings. The molecule has 0 aromatic carbocycles. The number of nitrogens with one attached hydrogen (secondary N) is 1. The maximum absolute atomic E-state index is 10.7. The number of aromatic amines is 1. The van der Waals surface area contributed by atoms with Gasteiger partial charge in [0.25, 0.3) is 0 Å².